The van der Waals surface area contributed by atoms with Gasteiger partial charge in [0.2, 0.25) is 0 Å². The molecule has 0 aliphatic heterocycles. The van der Waals surface area contributed by atoms with Gasteiger partial charge in [0.05, 0.1) is 0 Å². The van der Waals surface area contributed by atoms with Crippen LogP contribution in [0, 0.1) is 125 Å². The summed E-state index contributed by atoms with van der Waals surface area (Å²) in [5.74, 6) is 0. The molecular formula is C54H66Ge2O. The second-order valence-corrected chi connectivity index (χ2v) is 32.8. The van der Waals surface area contributed by atoms with Crippen molar-refractivity contribution >= 4 is 53.6 Å². The van der Waals surface area contributed by atoms with Crippen molar-refractivity contribution in [1.29, 1.82) is 0 Å². The molecule has 0 N–H and O–H groups in total. The summed E-state index contributed by atoms with van der Waals surface area (Å²) in [7, 11) is 0. The number of benzene rings is 6. The van der Waals surface area contributed by atoms with Gasteiger partial charge in [-0.15, -0.1) is 0 Å². The first-order valence-electron chi connectivity index (χ1n) is 20.8. The monoisotopic (exact) mass is 878 g/mol. The van der Waals surface area contributed by atoms with E-state index in [1.165, 1.54) is 127 Å². The molecule has 296 valence electrons. The molecule has 0 amide bonds. The molecular weight excluding hydrogens is 810 g/mol. The third-order valence-electron chi connectivity index (χ3n) is 12.5. The van der Waals surface area contributed by atoms with E-state index in [-0.39, 0.29) is 0 Å². The van der Waals surface area contributed by atoms with Gasteiger partial charge in [-0.2, -0.15) is 0 Å². The predicted octanol–water partition coefficient (Wildman–Crippen LogP) is 9.89. The van der Waals surface area contributed by atoms with E-state index in [1.807, 2.05) is 0 Å². The number of hydrogen-bond acceptors (Lipinski definition) is 1. The van der Waals surface area contributed by atoms with Crippen LogP contribution >= 0.6 is 0 Å². The summed E-state index contributed by atoms with van der Waals surface area (Å²) in [6, 6.07) is 29.2. The molecule has 57 heavy (non-hydrogen) atoms. The standard InChI is InChI=1S/C54H66Ge2O/c1-31-19-37(7)49(38(8)20-31)55(50-39(9)21-32(2)22-40(50)10,51-41(11)23-33(3)24-42(51)12)57-56(52-43(13)25-34(4)26-44(52)14,53-45(15)27-35(5)28-46(53)16)54-47(17)29-36(6)30-48(54)18/h19-30H,1-18H3. The molecule has 6 aromatic carbocycles. The molecule has 6 aromatic rings. The molecule has 1 nitrogen and oxygen atoms in total. The van der Waals surface area contributed by atoms with Crippen LogP contribution in [0.4, 0.5) is 0 Å². The second kappa shape index (κ2) is 15.8. The van der Waals surface area contributed by atoms with Crippen LogP contribution in [0.3, 0.4) is 0 Å². The van der Waals surface area contributed by atoms with E-state index >= 15 is 0 Å². The van der Waals surface area contributed by atoms with Gasteiger partial charge in [-0.05, 0) is 0 Å². The number of rotatable bonds is 8. The second-order valence-electron chi connectivity index (χ2n) is 18.1. The average molecular weight is 876 g/mol. The number of aryl methyl sites for hydroxylation is 18. The van der Waals surface area contributed by atoms with E-state index in [4.69, 9.17) is 0 Å². The third kappa shape index (κ3) is 7.36. The van der Waals surface area contributed by atoms with Gasteiger partial charge < -0.3 is 0 Å². The van der Waals surface area contributed by atoms with Gasteiger partial charge in [-0.25, -0.2) is 0 Å². The summed E-state index contributed by atoms with van der Waals surface area (Å²) in [6.07, 6.45) is 0. The van der Waals surface area contributed by atoms with Crippen molar-refractivity contribution in [3.05, 3.63) is 173 Å². The first-order valence-corrected chi connectivity index (χ1v) is 28.8. The Balaban J connectivity index is 2.08. The Bertz CT molecular complexity index is 1990. The zero-order valence-electron chi connectivity index (χ0n) is 38.3. The van der Waals surface area contributed by atoms with E-state index in [0.717, 1.165) is 0 Å². The number of hydrogen-bond donors (Lipinski definition) is 0. The van der Waals surface area contributed by atoms with Gasteiger partial charge in [0.25, 0.3) is 0 Å². The molecule has 0 saturated heterocycles. The topological polar surface area (TPSA) is 9.23 Å². The molecule has 0 heterocycles. The van der Waals surface area contributed by atoms with Gasteiger partial charge in [0.1, 0.15) is 0 Å². The molecule has 0 aromatic heterocycles. The summed E-state index contributed by atoms with van der Waals surface area (Å²) in [4.78, 5) is 0. The van der Waals surface area contributed by atoms with Crippen molar-refractivity contribution in [3.63, 3.8) is 0 Å². The molecule has 3 heteroatoms. The average Bonchev–Trinajstić information content (AvgIpc) is 3.01. The van der Waals surface area contributed by atoms with Gasteiger partial charge in [-0.3, -0.25) is 0 Å². The minimum absolute atomic E-state index is 1.30. The van der Waals surface area contributed by atoms with Crippen LogP contribution in [-0.4, -0.2) is 27.2 Å². The van der Waals surface area contributed by atoms with Crippen LogP contribution in [-0.2, 0) is 2.79 Å². The maximum atomic E-state index is 9.53. The first-order chi connectivity index (χ1) is 26.6. The normalized spacial score (nSPS) is 12.1. The maximum absolute atomic E-state index is 9.53. The summed E-state index contributed by atoms with van der Waals surface area (Å²) in [5, 5.41) is 0. The molecule has 0 spiro atoms. The zero-order chi connectivity index (χ0) is 42.0. The Labute approximate surface area is 351 Å². The van der Waals surface area contributed by atoms with Crippen molar-refractivity contribution in [2.75, 3.05) is 0 Å². The molecule has 6 rings (SSSR count). The Morgan fingerprint density at radius 3 is 0.421 bits per heavy atom. The third-order valence-corrected chi connectivity index (χ3v) is 39.2. The Hall–Kier alpha value is -3.63. The van der Waals surface area contributed by atoms with Crippen molar-refractivity contribution in [2.24, 2.45) is 0 Å². The van der Waals surface area contributed by atoms with E-state index in [2.05, 4.69) is 197 Å². The summed E-state index contributed by atoms with van der Waals surface area (Å²) in [5.41, 5.74) is 23.9. The predicted molar refractivity (Wildman–Crippen MR) is 254 cm³/mol. The molecule has 0 atom stereocenters. The molecule has 0 unspecified atom stereocenters. The Kier molecular flexibility index (Phi) is 11.9. The fraction of sp³-hybridized carbons (Fsp3) is 0.333. The quantitative estimate of drug-likeness (QED) is 0.139. The van der Waals surface area contributed by atoms with E-state index in [9.17, 15) is 2.79 Å². The van der Waals surface area contributed by atoms with Gasteiger partial charge >= 0.3 is 354 Å². The van der Waals surface area contributed by atoms with Crippen LogP contribution < -0.4 is 26.4 Å². The molecule has 0 radical (unpaired) electrons. The molecule has 0 saturated carbocycles. The molecule has 0 fully saturated rings. The summed E-state index contributed by atoms with van der Waals surface area (Å²) < 4.78 is 18.2. The molecule has 0 aliphatic carbocycles. The van der Waals surface area contributed by atoms with Crippen LogP contribution in [0.25, 0.3) is 0 Å². The van der Waals surface area contributed by atoms with E-state index in [0.29, 0.717) is 0 Å². The fourth-order valence-corrected chi connectivity index (χ4v) is 44.6. The molecule has 0 bridgehead atoms. The Morgan fingerprint density at radius 2 is 0.316 bits per heavy atom. The van der Waals surface area contributed by atoms with Crippen molar-refractivity contribution in [2.45, 2.75) is 125 Å². The minimum atomic E-state index is -4.43. The van der Waals surface area contributed by atoms with E-state index in [1.54, 1.807) is 0 Å². The van der Waals surface area contributed by atoms with Crippen molar-refractivity contribution < 1.29 is 2.79 Å². The van der Waals surface area contributed by atoms with Gasteiger partial charge in [0.15, 0.2) is 0 Å². The first kappa shape index (κ1) is 43.0. The van der Waals surface area contributed by atoms with Crippen molar-refractivity contribution in [3.8, 4) is 0 Å². The SMILES string of the molecule is Cc1cc(C)[c]([Ge]([O][Ge]([c]2c(C)cc(C)cc2C)([c]2c(C)cc(C)cc2C)[c]2c(C)cc(C)cc2C)([c]2c(C)cc(C)cc2C)[c]2c(C)cc(C)cc2C)c(C)c1. The Morgan fingerprint density at radius 1 is 0.211 bits per heavy atom. The van der Waals surface area contributed by atoms with Crippen LogP contribution in [0.5, 0.6) is 0 Å². The van der Waals surface area contributed by atoms with Crippen LogP contribution in [0.1, 0.15) is 100 Å². The molecule has 0 aliphatic rings. The summed E-state index contributed by atoms with van der Waals surface area (Å²) >= 11 is -8.87. The van der Waals surface area contributed by atoms with Crippen molar-refractivity contribution in [1.82, 2.24) is 0 Å². The zero-order valence-corrected chi connectivity index (χ0v) is 42.5. The fourth-order valence-electron chi connectivity index (χ4n) is 11.7. The summed E-state index contributed by atoms with van der Waals surface area (Å²) in [6.45, 7) is 42.0. The van der Waals surface area contributed by atoms with Crippen LogP contribution in [0.2, 0.25) is 0 Å². The van der Waals surface area contributed by atoms with E-state index < -0.39 is 27.2 Å². The van der Waals surface area contributed by atoms with Crippen LogP contribution in [0.15, 0.2) is 72.8 Å². The van der Waals surface area contributed by atoms with Gasteiger partial charge in [0, 0.05) is 0 Å². The van der Waals surface area contributed by atoms with Gasteiger partial charge in [-0.1, -0.05) is 0 Å².